The van der Waals surface area contributed by atoms with Crippen molar-refractivity contribution in [2.75, 3.05) is 13.2 Å². The average molecular weight is 259 g/mol. The van der Waals surface area contributed by atoms with Crippen LogP contribution in [0.3, 0.4) is 0 Å². The lowest BCUT2D eigenvalue weighted by Gasteiger charge is -2.18. The number of benzene rings is 1. The van der Waals surface area contributed by atoms with Crippen LogP contribution in [0.4, 0.5) is 0 Å². The molecule has 1 N–H and O–H groups in total. The fraction of sp³-hybridized carbons (Fsp3) is 0.562. The summed E-state index contributed by atoms with van der Waals surface area (Å²) in [5.74, 6) is 0.173. The Bertz CT molecular complexity index is 456. The molecule has 1 atom stereocenters. The topological polar surface area (TPSA) is 38.3 Å². The molecule has 1 unspecified atom stereocenters. The molecule has 1 saturated heterocycles. The molecule has 3 rings (SSSR count). The molecule has 2 fully saturated rings. The minimum atomic E-state index is -0.258. The number of ether oxygens (including phenoxy) is 1. The predicted molar refractivity (Wildman–Crippen MR) is 74.1 cm³/mol. The molecule has 2 aliphatic rings. The van der Waals surface area contributed by atoms with Crippen molar-refractivity contribution in [3.8, 4) is 0 Å². The standard InChI is InChI=1S/C16H21NO2/c1-12-4-6-13(7-5-12)16(8-9-16)15(18)17-11-14-3-2-10-19-14/h4-7,14H,2-3,8-11H2,1H3,(H,17,18). The van der Waals surface area contributed by atoms with Crippen LogP contribution in [0.25, 0.3) is 0 Å². The van der Waals surface area contributed by atoms with Gasteiger partial charge in [-0.1, -0.05) is 29.8 Å². The number of amides is 1. The molecule has 19 heavy (non-hydrogen) atoms. The second kappa shape index (κ2) is 4.97. The summed E-state index contributed by atoms with van der Waals surface area (Å²) in [4.78, 5) is 12.4. The van der Waals surface area contributed by atoms with Gasteiger partial charge in [-0.2, -0.15) is 0 Å². The van der Waals surface area contributed by atoms with Crippen molar-refractivity contribution in [1.29, 1.82) is 0 Å². The fourth-order valence-electron chi connectivity index (χ4n) is 2.83. The first-order valence-electron chi connectivity index (χ1n) is 7.18. The molecule has 1 heterocycles. The highest BCUT2D eigenvalue weighted by molar-refractivity contribution is 5.91. The minimum Gasteiger partial charge on any atom is -0.376 e. The van der Waals surface area contributed by atoms with Crippen LogP contribution in [-0.4, -0.2) is 25.2 Å². The van der Waals surface area contributed by atoms with Crippen molar-refractivity contribution in [1.82, 2.24) is 5.32 Å². The van der Waals surface area contributed by atoms with Crippen molar-refractivity contribution in [2.45, 2.75) is 44.1 Å². The first kappa shape index (κ1) is 12.7. The molecule has 1 aliphatic heterocycles. The number of rotatable bonds is 4. The minimum absolute atomic E-state index is 0.173. The molecule has 0 radical (unpaired) electrons. The van der Waals surface area contributed by atoms with Gasteiger partial charge in [0.05, 0.1) is 11.5 Å². The largest absolute Gasteiger partial charge is 0.376 e. The highest BCUT2D eigenvalue weighted by atomic mass is 16.5. The average Bonchev–Trinajstić information content (AvgIpc) is 3.07. The molecule has 1 amide bonds. The third-order valence-corrected chi connectivity index (χ3v) is 4.30. The van der Waals surface area contributed by atoms with Crippen molar-refractivity contribution < 1.29 is 9.53 Å². The summed E-state index contributed by atoms with van der Waals surface area (Å²) in [6.45, 7) is 3.57. The molecule has 0 spiro atoms. The smallest absolute Gasteiger partial charge is 0.230 e. The fourth-order valence-corrected chi connectivity index (χ4v) is 2.83. The van der Waals surface area contributed by atoms with E-state index >= 15 is 0 Å². The molecule has 1 aromatic carbocycles. The van der Waals surface area contributed by atoms with Crippen molar-refractivity contribution in [3.05, 3.63) is 35.4 Å². The summed E-state index contributed by atoms with van der Waals surface area (Å²) in [7, 11) is 0. The van der Waals surface area contributed by atoms with E-state index < -0.39 is 0 Å². The quantitative estimate of drug-likeness (QED) is 0.901. The lowest BCUT2D eigenvalue weighted by molar-refractivity contribution is -0.124. The molecule has 1 saturated carbocycles. The van der Waals surface area contributed by atoms with Crippen molar-refractivity contribution in [2.24, 2.45) is 0 Å². The van der Waals surface area contributed by atoms with E-state index in [-0.39, 0.29) is 17.4 Å². The van der Waals surface area contributed by atoms with Crippen LogP contribution in [0.5, 0.6) is 0 Å². The molecule has 0 aromatic heterocycles. The van der Waals surface area contributed by atoms with Crippen LogP contribution in [-0.2, 0) is 14.9 Å². The molecule has 102 valence electrons. The summed E-state index contributed by atoms with van der Waals surface area (Å²) < 4.78 is 5.54. The third kappa shape index (κ3) is 2.52. The SMILES string of the molecule is Cc1ccc(C2(C(=O)NCC3CCCO3)CC2)cc1. The van der Waals surface area contributed by atoms with E-state index in [4.69, 9.17) is 4.74 Å². The van der Waals surface area contributed by atoms with Crippen LogP contribution in [0.15, 0.2) is 24.3 Å². The van der Waals surface area contributed by atoms with Gasteiger partial charge in [0.15, 0.2) is 0 Å². The highest BCUT2D eigenvalue weighted by Crippen LogP contribution is 2.48. The van der Waals surface area contributed by atoms with Gasteiger partial charge in [-0.3, -0.25) is 4.79 Å². The van der Waals surface area contributed by atoms with Gasteiger partial charge in [0.25, 0.3) is 0 Å². The van der Waals surface area contributed by atoms with Gasteiger partial charge in [-0.15, -0.1) is 0 Å². The van der Waals surface area contributed by atoms with Crippen LogP contribution < -0.4 is 5.32 Å². The van der Waals surface area contributed by atoms with Gasteiger partial charge in [0.1, 0.15) is 0 Å². The number of carbonyl (C=O) groups excluding carboxylic acids is 1. The zero-order valence-electron chi connectivity index (χ0n) is 11.4. The summed E-state index contributed by atoms with van der Waals surface area (Å²) in [5, 5.41) is 3.08. The predicted octanol–water partition coefficient (Wildman–Crippen LogP) is 2.32. The van der Waals surface area contributed by atoms with Crippen molar-refractivity contribution >= 4 is 5.91 Å². The van der Waals surface area contributed by atoms with E-state index in [1.54, 1.807) is 0 Å². The Morgan fingerprint density at radius 3 is 2.68 bits per heavy atom. The highest BCUT2D eigenvalue weighted by Gasteiger charge is 2.51. The summed E-state index contributed by atoms with van der Waals surface area (Å²) in [5.41, 5.74) is 2.13. The number of nitrogens with one attached hydrogen (secondary N) is 1. The lowest BCUT2D eigenvalue weighted by atomic mass is 9.94. The van der Waals surface area contributed by atoms with Crippen LogP contribution >= 0.6 is 0 Å². The maximum atomic E-state index is 12.4. The zero-order valence-corrected chi connectivity index (χ0v) is 11.4. The first-order chi connectivity index (χ1) is 9.21. The van der Waals surface area contributed by atoms with Crippen LogP contribution in [0, 0.1) is 6.92 Å². The Balaban J connectivity index is 1.63. The Kier molecular flexibility index (Phi) is 3.31. The zero-order chi connectivity index (χ0) is 13.3. The van der Waals surface area contributed by atoms with E-state index in [0.29, 0.717) is 6.54 Å². The Hall–Kier alpha value is -1.35. The van der Waals surface area contributed by atoms with Gasteiger partial charge in [0.2, 0.25) is 5.91 Å². The first-order valence-corrected chi connectivity index (χ1v) is 7.18. The molecule has 3 nitrogen and oxygen atoms in total. The van der Waals surface area contributed by atoms with E-state index in [1.807, 2.05) is 0 Å². The van der Waals surface area contributed by atoms with E-state index in [9.17, 15) is 4.79 Å². The molecule has 0 bridgehead atoms. The summed E-state index contributed by atoms with van der Waals surface area (Å²) in [6, 6.07) is 8.35. The maximum Gasteiger partial charge on any atom is 0.230 e. The molecular weight excluding hydrogens is 238 g/mol. The number of carbonyl (C=O) groups is 1. The number of aryl methyl sites for hydroxylation is 1. The van der Waals surface area contributed by atoms with E-state index in [2.05, 4.69) is 36.5 Å². The van der Waals surface area contributed by atoms with Gasteiger partial charge in [0, 0.05) is 13.2 Å². The number of hydrogen-bond donors (Lipinski definition) is 1. The summed E-state index contributed by atoms with van der Waals surface area (Å²) in [6.07, 6.45) is 4.33. The summed E-state index contributed by atoms with van der Waals surface area (Å²) >= 11 is 0. The normalized spacial score (nSPS) is 24.2. The van der Waals surface area contributed by atoms with Gasteiger partial charge < -0.3 is 10.1 Å². The maximum absolute atomic E-state index is 12.4. The lowest BCUT2D eigenvalue weighted by Crippen LogP contribution is -2.39. The van der Waals surface area contributed by atoms with E-state index in [0.717, 1.165) is 37.9 Å². The van der Waals surface area contributed by atoms with Crippen LogP contribution in [0.2, 0.25) is 0 Å². The monoisotopic (exact) mass is 259 g/mol. The van der Waals surface area contributed by atoms with Gasteiger partial charge in [-0.05, 0) is 38.2 Å². The van der Waals surface area contributed by atoms with E-state index in [1.165, 1.54) is 5.56 Å². The molecule has 1 aliphatic carbocycles. The second-order valence-corrected chi connectivity index (χ2v) is 5.79. The Morgan fingerprint density at radius 1 is 1.37 bits per heavy atom. The van der Waals surface area contributed by atoms with Gasteiger partial charge >= 0.3 is 0 Å². The molecule has 1 aromatic rings. The Morgan fingerprint density at radius 2 is 2.11 bits per heavy atom. The Labute approximate surface area is 114 Å². The number of hydrogen-bond acceptors (Lipinski definition) is 2. The second-order valence-electron chi connectivity index (χ2n) is 5.79. The third-order valence-electron chi connectivity index (χ3n) is 4.30. The van der Waals surface area contributed by atoms with Crippen molar-refractivity contribution in [3.63, 3.8) is 0 Å². The van der Waals surface area contributed by atoms with Crippen LogP contribution in [0.1, 0.15) is 36.8 Å². The molecular formula is C16H21NO2. The van der Waals surface area contributed by atoms with Gasteiger partial charge in [-0.25, -0.2) is 0 Å². The molecule has 3 heteroatoms.